The summed E-state index contributed by atoms with van der Waals surface area (Å²) in [6.07, 6.45) is 11.1. The molecule has 3 heteroatoms. The SMILES string of the molecule is CCSC1CCCC1NC(=O)CC1C=CCC1. The molecule has 1 fully saturated rings. The highest BCUT2D eigenvalue weighted by Gasteiger charge is 2.28. The minimum Gasteiger partial charge on any atom is -0.352 e. The first-order valence-corrected chi connectivity index (χ1v) is 7.92. The molecule has 3 unspecified atom stereocenters. The Morgan fingerprint density at radius 1 is 1.41 bits per heavy atom. The number of hydrogen-bond acceptors (Lipinski definition) is 2. The second kappa shape index (κ2) is 6.48. The van der Waals surface area contributed by atoms with Crippen molar-refractivity contribution in [3.8, 4) is 0 Å². The molecule has 3 atom stereocenters. The topological polar surface area (TPSA) is 29.1 Å². The van der Waals surface area contributed by atoms with Gasteiger partial charge in [0.2, 0.25) is 5.91 Å². The van der Waals surface area contributed by atoms with Gasteiger partial charge in [0.1, 0.15) is 0 Å². The van der Waals surface area contributed by atoms with Crippen LogP contribution < -0.4 is 5.32 Å². The molecular weight excluding hydrogens is 230 g/mol. The highest BCUT2D eigenvalue weighted by molar-refractivity contribution is 7.99. The fraction of sp³-hybridized carbons (Fsp3) is 0.786. The number of amides is 1. The van der Waals surface area contributed by atoms with Gasteiger partial charge in [-0.25, -0.2) is 0 Å². The molecule has 0 heterocycles. The molecule has 1 saturated carbocycles. The van der Waals surface area contributed by atoms with Gasteiger partial charge in [-0.05, 0) is 37.4 Å². The second-order valence-electron chi connectivity index (χ2n) is 5.07. The lowest BCUT2D eigenvalue weighted by atomic mass is 10.0. The zero-order chi connectivity index (χ0) is 12.1. The molecule has 2 aliphatic rings. The van der Waals surface area contributed by atoms with Gasteiger partial charge in [0.15, 0.2) is 0 Å². The summed E-state index contributed by atoms with van der Waals surface area (Å²) in [4.78, 5) is 12.0. The maximum atomic E-state index is 12.0. The van der Waals surface area contributed by atoms with Crippen LogP contribution in [0.25, 0.3) is 0 Å². The summed E-state index contributed by atoms with van der Waals surface area (Å²) in [5, 5.41) is 3.90. The predicted molar refractivity (Wildman–Crippen MR) is 74.2 cm³/mol. The van der Waals surface area contributed by atoms with Gasteiger partial charge in [0.25, 0.3) is 0 Å². The molecule has 0 spiro atoms. The van der Waals surface area contributed by atoms with Crippen molar-refractivity contribution in [2.24, 2.45) is 5.92 Å². The summed E-state index contributed by atoms with van der Waals surface area (Å²) in [6.45, 7) is 2.20. The van der Waals surface area contributed by atoms with E-state index in [1.165, 1.54) is 19.3 Å². The van der Waals surface area contributed by atoms with Gasteiger partial charge in [-0.15, -0.1) is 0 Å². The van der Waals surface area contributed by atoms with E-state index >= 15 is 0 Å². The molecule has 1 amide bonds. The Kier molecular flexibility index (Phi) is 4.96. The third-order valence-corrected chi connectivity index (χ3v) is 5.07. The van der Waals surface area contributed by atoms with Crippen molar-refractivity contribution in [1.82, 2.24) is 5.32 Å². The van der Waals surface area contributed by atoms with Crippen LogP contribution >= 0.6 is 11.8 Å². The van der Waals surface area contributed by atoms with Gasteiger partial charge in [-0.1, -0.05) is 25.5 Å². The van der Waals surface area contributed by atoms with Crippen molar-refractivity contribution in [3.05, 3.63) is 12.2 Å². The molecule has 2 nitrogen and oxygen atoms in total. The Hall–Kier alpha value is -0.440. The van der Waals surface area contributed by atoms with Gasteiger partial charge < -0.3 is 5.32 Å². The van der Waals surface area contributed by atoms with Crippen LogP contribution in [-0.4, -0.2) is 23.0 Å². The highest BCUT2D eigenvalue weighted by atomic mass is 32.2. The fourth-order valence-electron chi connectivity index (χ4n) is 2.87. The number of thioether (sulfide) groups is 1. The smallest absolute Gasteiger partial charge is 0.220 e. The van der Waals surface area contributed by atoms with Crippen LogP contribution in [-0.2, 0) is 4.79 Å². The van der Waals surface area contributed by atoms with Crippen molar-refractivity contribution >= 4 is 17.7 Å². The molecule has 2 rings (SSSR count). The Morgan fingerprint density at radius 2 is 2.29 bits per heavy atom. The van der Waals surface area contributed by atoms with Crippen LogP contribution in [0.4, 0.5) is 0 Å². The highest BCUT2D eigenvalue weighted by Crippen LogP contribution is 2.30. The number of rotatable bonds is 5. The zero-order valence-corrected chi connectivity index (χ0v) is 11.5. The third-order valence-electron chi connectivity index (χ3n) is 3.74. The van der Waals surface area contributed by atoms with Crippen LogP contribution in [0.5, 0.6) is 0 Å². The summed E-state index contributed by atoms with van der Waals surface area (Å²) in [7, 11) is 0. The van der Waals surface area contributed by atoms with Crippen molar-refractivity contribution in [3.63, 3.8) is 0 Å². The molecule has 0 bridgehead atoms. The molecule has 0 radical (unpaired) electrons. The molecule has 1 N–H and O–H groups in total. The first-order chi connectivity index (χ1) is 8.29. The van der Waals surface area contributed by atoms with E-state index in [1.807, 2.05) is 11.8 Å². The first kappa shape index (κ1) is 13.0. The maximum Gasteiger partial charge on any atom is 0.220 e. The Bertz CT molecular complexity index is 290. The fourth-order valence-corrected chi connectivity index (χ4v) is 4.07. The van der Waals surface area contributed by atoms with E-state index in [-0.39, 0.29) is 5.91 Å². The van der Waals surface area contributed by atoms with E-state index in [2.05, 4.69) is 24.4 Å². The van der Waals surface area contributed by atoms with E-state index in [9.17, 15) is 4.79 Å². The number of hydrogen-bond donors (Lipinski definition) is 1. The maximum absolute atomic E-state index is 12.0. The summed E-state index contributed by atoms with van der Waals surface area (Å²) >= 11 is 2.00. The molecule has 96 valence electrons. The lowest BCUT2D eigenvalue weighted by Crippen LogP contribution is -2.39. The van der Waals surface area contributed by atoms with E-state index in [4.69, 9.17) is 0 Å². The second-order valence-corrected chi connectivity index (χ2v) is 6.58. The number of nitrogens with one attached hydrogen (secondary N) is 1. The molecule has 0 aliphatic heterocycles. The Morgan fingerprint density at radius 3 is 3.00 bits per heavy atom. The van der Waals surface area contributed by atoms with Gasteiger partial charge in [0.05, 0.1) is 0 Å². The van der Waals surface area contributed by atoms with Gasteiger partial charge in [-0.2, -0.15) is 11.8 Å². The van der Waals surface area contributed by atoms with Crippen LogP contribution in [0.3, 0.4) is 0 Å². The van der Waals surface area contributed by atoms with E-state index in [0.717, 1.165) is 18.6 Å². The molecule has 0 aromatic heterocycles. The monoisotopic (exact) mass is 253 g/mol. The Labute approximate surface area is 109 Å². The quantitative estimate of drug-likeness (QED) is 0.763. The van der Waals surface area contributed by atoms with Gasteiger partial charge >= 0.3 is 0 Å². The summed E-state index contributed by atoms with van der Waals surface area (Å²) < 4.78 is 0. The van der Waals surface area contributed by atoms with Crippen molar-refractivity contribution in [2.45, 2.75) is 56.7 Å². The molecule has 0 aromatic rings. The lowest BCUT2D eigenvalue weighted by molar-refractivity contribution is -0.122. The summed E-state index contributed by atoms with van der Waals surface area (Å²) in [5.41, 5.74) is 0. The molecule has 0 saturated heterocycles. The molecule has 0 aromatic carbocycles. The normalized spacial score (nSPS) is 31.9. The van der Waals surface area contributed by atoms with E-state index < -0.39 is 0 Å². The molecular formula is C14H23NOS. The molecule has 2 aliphatic carbocycles. The van der Waals surface area contributed by atoms with Gasteiger partial charge in [0, 0.05) is 17.7 Å². The summed E-state index contributed by atoms with van der Waals surface area (Å²) in [5.74, 6) is 1.91. The van der Waals surface area contributed by atoms with E-state index in [0.29, 0.717) is 23.6 Å². The Balaban J connectivity index is 1.75. The van der Waals surface area contributed by atoms with Crippen LogP contribution in [0.2, 0.25) is 0 Å². The number of carbonyl (C=O) groups excluding carboxylic acids is 1. The minimum absolute atomic E-state index is 0.259. The van der Waals surface area contributed by atoms with Crippen LogP contribution in [0.1, 0.15) is 45.4 Å². The third kappa shape index (κ3) is 3.77. The van der Waals surface area contributed by atoms with Crippen molar-refractivity contribution < 1.29 is 4.79 Å². The number of carbonyl (C=O) groups is 1. The van der Waals surface area contributed by atoms with Crippen LogP contribution in [0.15, 0.2) is 12.2 Å². The lowest BCUT2D eigenvalue weighted by Gasteiger charge is -2.20. The standard InChI is InChI=1S/C14H23NOS/c1-2-17-13-9-5-8-12(13)15-14(16)10-11-6-3-4-7-11/h3,6,11-13H,2,4-5,7-10H2,1H3,(H,15,16). The van der Waals surface area contributed by atoms with Crippen molar-refractivity contribution in [1.29, 1.82) is 0 Å². The summed E-state index contributed by atoms with van der Waals surface area (Å²) in [6, 6.07) is 0.429. The molecule has 17 heavy (non-hydrogen) atoms. The minimum atomic E-state index is 0.259. The average molecular weight is 253 g/mol. The van der Waals surface area contributed by atoms with E-state index in [1.54, 1.807) is 0 Å². The first-order valence-electron chi connectivity index (χ1n) is 6.87. The zero-order valence-electron chi connectivity index (χ0n) is 10.7. The van der Waals surface area contributed by atoms with Crippen molar-refractivity contribution in [2.75, 3.05) is 5.75 Å². The predicted octanol–water partition coefficient (Wildman–Crippen LogP) is 3.13. The largest absolute Gasteiger partial charge is 0.352 e. The van der Waals surface area contributed by atoms with Gasteiger partial charge in [-0.3, -0.25) is 4.79 Å². The van der Waals surface area contributed by atoms with Crippen LogP contribution in [0, 0.1) is 5.92 Å². The number of allylic oxidation sites excluding steroid dienone is 2. The average Bonchev–Trinajstić information content (AvgIpc) is 2.92.